The van der Waals surface area contributed by atoms with Crippen LogP contribution >= 0.6 is 23.2 Å². The largest absolute Gasteiger partial charge is 0.348 e. The minimum atomic E-state index is -0.713. The summed E-state index contributed by atoms with van der Waals surface area (Å²) in [4.78, 5) is 17.4. The molecule has 0 spiro atoms. The van der Waals surface area contributed by atoms with Gasteiger partial charge < -0.3 is 5.32 Å². The monoisotopic (exact) mass is 302 g/mol. The van der Waals surface area contributed by atoms with E-state index < -0.39 is 16.4 Å². The third kappa shape index (κ3) is 2.88. The Bertz CT molecular complexity index is 653. The molecule has 0 saturated heterocycles. The smallest absolute Gasteiger partial charge is 0.334 e. The maximum atomic E-state index is 13.0. The van der Waals surface area contributed by atoms with E-state index in [4.69, 9.17) is 23.2 Å². The van der Waals surface area contributed by atoms with Gasteiger partial charge in [0.2, 0.25) is 11.0 Å². The van der Waals surface area contributed by atoms with Crippen molar-refractivity contribution in [1.29, 1.82) is 0 Å². The van der Waals surface area contributed by atoms with Gasteiger partial charge in [0.1, 0.15) is 12.1 Å². The molecule has 9 heteroatoms. The van der Waals surface area contributed by atoms with Gasteiger partial charge in [0.15, 0.2) is 0 Å². The number of nitro groups is 1. The molecule has 1 aromatic carbocycles. The third-order valence-electron chi connectivity index (χ3n) is 2.14. The van der Waals surface area contributed by atoms with Crippen LogP contribution in [-0.4, -0.2) is 14.9 Å². The zero-order valence-corrected chi connectivity index (χ0v) is 10.6. The number of hydrogen-bond acceptors (Lipinski definition) is 5. The summed E-state index contributed by atoms with van der Waals surface area (Å²) in [5.41, 5.74) is -0.131. The number of hydrogen-bond donors (Lipinski definition) is 1. The van der Waals surface area contributed by atoms with Gasteiger partial charge in [-0.3, -0.25) is 10.1 Å². The normalized spacial score (nSPS) is 10.3. The molecule has 2 aromatic rings. The maximum Gasteiger partial charge on any atom is 0.348 e. The fourth-order valence-corrected chi connectivity index (χ4v) is 1.70. The van der Waals surface area contributed by atoms with E-state index in [1.165, 1.54) is 12.1 Å². The molecule has 98 valence electrons. The van der Waals surface area contributed by atoms with Crippen molar-refractivity contribution in [2.45, 2.75) is 0 Å². The van der Waals surface area contributed by atoms with E-state index in [-0.39, 0.29) is 16.0 Å². The van der Waals surface area contributed by atoms with Crippen LogP contribution in [0.5, 0.6) is 0 Å². The number of aromatic nitrogens is 2. The molecule has 0 aliphatic heterocycles. The SMILES string of the molecule is O=[N+]([O-])c1c(Cl)ncnc1Nc1ccc(F)c(Cl)c1. The molecule has 0 bridgehead atoms. The quantitative estimate of drug-likeness (QED) is 0.532. The molecule has 1 aromatic heterocycles. The first-order valence-electron chi connectivity index (χ1n) is 4.86. The van der Waals surface area contributed by atoms with Gasteiger partial charge in [-0.1, -0.05) is 23.2 Å². The average Bonchev–Trinajstić information content (AvgIpc) is 2.33. The van der Waals surface area contributed by atoms with E-state index in [0.717, 1.165) is 12.4 Å². The van der Waals surface area contributed by atoms with Crippen LogP contribution in [0.4, 0.5) is 21.6 Å². The lowest BCUT2D eigenvalue weighted by atomic mass is 10.3. The Labute approximate surface area is 116 Å². The second kappa shape index (κ2) is 5.33. The fourth-order valence-electron chi connectivity index (χ4n) is 1.32. The Balaban J connectivity index is 2.40. The molecule has 19 heavy (non-hydrogen) atoms. The Kier molecular flexibility index (Phi) is 3.77. The molecule has 0 aliphatic carbocycles. The van der Waals surface area contributed by atoms with Crippen LogP contribution in [0, 0.1) is 15.9 Å². The fraction of sp³-hybridized carbons (Fsp3) is 0. The molecule has 1 N–H and O–H groups in total. The van der Waals surface area contributed by atoms with Crippen LogP contribution in [0.15, 0.2) is 24.5 Å². The summed E-state index contributed by atoms with van der Waals surface area (Å²) in [5, 5.41) is 13.1. The maximum absolute atomic E-state index is 13.0. The summed E-state index contributed by atoms with van der Waals surface area (Å²) in [7, 11) is 0. The van der Waals surface area contributed by atoms with Gasteiger partial charge in [0.05, 0.1) is 9.95 Å². The summed E-state index contributed by atoms with van der Waals surface area (Å²) >= 11 is 11.2. The Hall–Kier alpha value is -1.99. The van der Waals surface area contributed by atoms with Gasteiger partial charge in [-0.2, -0.15) is 0 Å². The lowest BCUT2D eigenvalue weighted by Crippen LogP contribution is -2.01. The molecule has 6 nitrogen and oxygen atoms in total. The van der Waals surface area contributed by atoms with Crippen molar-refractivity contribution in [2.75, 3.05) is 5.32 Å². The van der Waals surface area contributed by atoms with Gasteiger partial charge in [-0.05, 0) is 18.2 Å². The van der Waals surface area contributed by atoms with E-state index in [2.05, 4.69) is 15.3 Å². The van der Waals surface area contributed by atoms with Crippen molar-refractivity contribution in [3.8, 4) is 0 Å². The first-order valence-corrected chi connectivity index (χ1v) is 5.61. The lowest BCUT2D eigenvalue weighted by Gasteiger charge is -2.06. The second-order valence-electron chi connectivity index (χ2n) is 3.37. The van der Waals surface area contributed by atoms with E-state index in [1.807, 2.05) is 0 Å². The van der Waals surface area contributed by atoms with Crippen LogP contribution in [0.3, 0.4) is 0 Å². The summed E-state index contributed by atoms with van der Waals surface area (Å²) in [6.45, 7) is 0. The van der Waals surface area contributed by atoms with Crippen molar-refractivity contribution in [3.05, 3.63) is 50.6 Å². The third-order valence-corrected chi connectivity index (χ3v) is 2.71. The molecular weight excluding hydrogens is 298 g/mol. The van der Waals surface area contributed by atoms with Crippen molar-refractivity contribution in [3.63, 3.8) is 0 Å². The van der Waals surface area contributed by atoms with E-state index in [9.17, 15) is 14.5 Å². The number of halogens is 3. The van der Waals surface area contributed by atoms with Crippen molar-refractivity contribution in [1.82, 2.24) is 9.97 Å². The van der Waals surface area contributed by atoms with Gasteiger partial charge >= 0.3 is 5.69 Å². The van der Waals surface area contributed by atoms with Gasteiger partial charge in [-0.25, -0.2) is 14.4 Å². The minimum absolute atomic E-state index is 0.104. The minimum Gasteiger partial charge on any atom is -0.334 e. The number of nitrogens with zero attached hydrogens (tertiary/aromatic N) is 3. The summed E-state index contributed by atoms with van der Waals surface area (Å²) < 4.78 is 13.0. The van der Waals surface area contributed by atoms with E-state index >= 15 is 0 Å². The number of rotatable bonds is 3. The predicted octanol–water partition coefficient (Wildman–Crippen LogP) is 3.57. The molecule has 0 aliphatic rings. The molecule has 0 atom stereocenters. The Morgan fingerprint density at radius 3 is 2.68 bits per heavy atom. The summed E-state index contributed by atoms with van der Waals surface area (Å²) in [5.74, 6) is -0.699. The average molecular weight is 303 g/mol. The lowest BCUT2D eigenvalue weighted by molar-refractivity contribution is -0.384. The second-order valence-corrected chi connectivity index (χ2v) is 4.14. The Morgan fingerprint density at radius 1 is 1.32 bits per heavy atom. The highest BCUT2D eigenvalue weighted by Crippen LogP contribution is 2.31. The molecule has 2 rings (SSSR count). The predicted molar refractivity (Wildman–Crippen MR) is 68.4 cm³/mol. The number of benzene rings is 1. The standard InChI is InChI=1S/C10H5Cl2FN4O2/c11-6-3-5(1-2-7(6)13)16-10-8(17(18)19)9(12)14-4-15-10/h1-4H,(H,14,15,16). The molecule has 0 saturated carbocycles. The topological polar surface area (TPSA) is 81.0 Å². The highest BCUT2D eigenvalue weighted by atomic mass is 35.5. The van der Waals surface area contributed by atoms with E-state index in [1.54, 1.807) is 0 Å². The first-order chi connectivity index (χ1) is 8.99. The zero-order valence-electron chi connectivity index (χ0n) is 9.10. The van der Waals surface area contributed by atoms with Gasteiger partial charge in [0, 0.05) is 5.69 Å². The van der Waals surface area contributed by atoms with Crippen molar-refractivity contribution < 1.29 is 9.31 Å². The molecule has 0 amide bonds. The highest BCUT2D eigenvalue weighted by Gasteiger charge is 2.21. The number of anilines is 2. The Morgan fingerprint density at radius 2 is 2.05 bits per heavy atom. The van der Waals surface area contributed by atoms with Gasteiger partial charge in [-0.15, -0.1) is 0 Å². The van der Waals surface area contributed by atoms with E-state index in [0.29, 0.717) is 5.69 Å². The first kappa shape index (κ1) is 13.4. The van der Waals surface area contributed by atoms with Crippen molar-refractivity contribution >= 4 is 40.4 Å². The van der Waals surface area contributed by atoms with Crippen LogP contribution in [0.2, 0.25) is 10.2 Å². The van der Waals surface area contributed by atoms with Gasteiger partial charge in [0.25, 0.3) is 0 Å². The summed E-state index contributed by atoms with van der Waals surface area (Å²) in [6, 6.07) is 3.76. The molecule has 1 heterocycles. The summed E-state index contributed by atoms with van der Waals surface area (Å²) in [6.07, 6.45) is 1.07. The number of nitrogens with one attached hydrogen (secondary N) is 1. The highest BCUT2D eigenvalue weighted by molar-refractivity contribution is 6.32. The zero-order chi connectivity index (χ0) is 14.0. The van der Waals surface area contributed by atoms with Crippen LogP contribution in [0.25, 0.3) is 0 Å². The van der Waals surface area contributed by atoms with Crippen LogP contribution in [0.1, 0.15) is 0 Å². The molecular formula is C10H5Cl2FN4O2. The van der Waals surface area contributed by atoms with Crippen LogP contribution in [-0.2, 0) is 0 Å². The molecule has 0 fully saturated rings. The molecule has 0 radical (unpaired) electrons. The molecule has 0 unspecified atom stereocenters. The van der Waals surface area contributed by atoms with Crippen molar-refractivity contribution in [2.24, 2.45) is 0 Å². The van der Waals surface area contributed by atoms with Crippen LogP contribution < -0.4 is 5.32 Å².